The Morgan fingerprint density at radius 2 is 1.24 bits per heavy atom. The van der Waals surface area contributed by atoms with E-state index in [0.29, 0.717) is 0 Å². The predicted molar refractivity (Wildman–Crippen MR) is 110 cm³/mol. The van der Waals surface area contributed by atoms with Gasteiger partial charge in [0.15, 0.2) is 5.75 Å². The molecule has 0 radical (unpaired) electrons. The van der Waals surface area contributed by atoms with Gasteiger partial charge in [0.2, 0.25) is 0 Å². The fourth-order valence-electron chi connectivity index (χ4n) is 2.39. The summed E-state index contributed by atoms with van der Waals surface area (Å²) < 4.78 is 30.0. The minimum atomic E-state index is -2.26. The molecule has 1 aromatic rings. The Bertz CT molecular complexity index is 701. The van der Waals surface area contributed by atoms with Gasteiger partial charge in [-0.1, -0.05) is 18.2 Å². The van der Waals surface area contributed by atoms with Gasteiger partial charge in [0.25, 0.3) is 15.0 Å². The number of rotatable bonds is 6. The first-order valence-electron chi connectivity index (χ1n) is 7.88. The van der Waals surface area contributed by atoms with E-state index >= 15 is 0 Å². The summed E-state index contributed by atoms with van der Waals surface area (Å²) in [6, 6.07) is 9.77. The second-order valence-electron chi connectivity index (χ2n) is 6.39. The van der Waals surface area contributed by atoms with Gasteiger partial charge in [-0.15, -0.1) is 0 Å². The lowest BCUT2D eigenvalue weighted by Gasteiger charge is -2.37. The molecule has 0 saturated carbocycles. The Hall–Kier alpha value is -0.580. The highest BCUT2D eigenvalue weighted by Crippen LogP contribution is 2.75. The summed E-state index contributed by atoms with van der Waals surface area (Å²) in [5, 5.41) is 0. The topological polar surface area (TPSA) is 59.3 Å². The monoisotopic (exact) mass is 404 g/mol. The second kappa shape index (κ2) is 7.98. The van der Waals surface area contributed by atoms with E-state index in [0.717, 1.165) is 5.75 Å². The van der Waals surface area contributed by atoms with Gasteiger partial charge in [-0.05, 0) is 68.5 Å². The summed E-state index contributed by atoms with van der Waals surface area (Å²) in [4.78, 5) is 0. The van der Waals surface area contributed by atoms with Crippen LogP contribution in [0.5, 0.6) is 5.75 Å². The zero-order valence-corrected chi connectivity index (χ0v) is 19.0. The summed E-state index contributed by atoms with van der Waals surface area (Å²) >= 11 is 0. The van der Waals surface area contributed by atoms with Crippen molar-refractivity contribution in [2.75, 3.05) is 56.4 Å². The molecule has 2 rings (SSSR count). The maximum atomic E-state index is 6.19. The molecule has 1 aliphatic rings. The third-order valence-electron chi connectivity index (χ3n) is 3.71. The van der Waals surface area contributed by atoms with Gasteiger partial charge >= 0.3 is 8.09 Å². The summed E-state index contributed by atoms with van der Waals surface area (Å²) in [6.07, 6.45) is 0. The smallest absolute Gasteiger partial charge is 0.247 e. The van der Waals surface area contributed by atoms with Gasteiger partial charge in [-0.3, -0.25) is 0 Å². The standard InChI is InChI=1S/C14H29N7OP3/c1-18(2)24(19(3)4)15-23(22-14-12-10-9-11-13-14)16-25(17-24,20(5)6)21(7)8/h9-13H,1-8H3/q+1. The van der Waals surface area contributed by atoms with Crippen molar-refractivity contribution >= 4 is 23.1 Å². The molecular weight excluding hydrogens is 375 g/mol. The summed E-state index contributed by atoms with van der Waals surface area (Å²) in [7, 11) is 10.3. The molecule has 0 spiro atoms. The fourth-order valence-corrected chi connectivity index (χ4v) is 13.9. The van der Waals surface area contributed by atoms with E-state index < -0.39 is 23.1 Å². The van der Waals surface area contributed by atoms with E-state index in [4.69, 9.17) is 18.1 Å². The largest absolute Gasteiger partial charge is 0.595 e. The SMILES string of the molecule is CN(C)P1(N(C)C)=N[P+](Oc2ccccc2)=NP(N(C)C)(N(C)C)=N1. The van der Waals surface area contributed by atoms with Crippen LogP contribution in [0, 0.1) is 0 Å². The molecule has 0 amide bonds. The van der Waals surface area contributed by atoms with E-state index in [1.165, 1.54) is 0 Å². The van der Waals surface area contributed by atoms with Crippen molar-refractivity contribution in [3.63, 3.8) is 0 Å². The van der Waals surface area contributed by atoms with Crippen LogP contribution >= 0.6 is 23.1 Å². The Morgan fingerprint density at radius 3 is 1.68 bits per heavy atom. The van der Waals surface area contributed by atoms with Gasteiger partial charge in [-0.2, -0.15) is 4.52 Å². The van der Waals surface area contributed by atoms with Crippen LogP contribution in [0.3, 0.4) is 0 Å². The van der Waals surface area contributed by atoms with Gasteiger partial charge in [0, 0.05) is 9.03 Å². The lowest BCUT2D eigenvalue weighted by molar-refractivity contribution is 0.542. The van der Waals surface area contributed by atoms with Crippen LogP contribution in [0.25, 0.3) is 0 Å². The van der Waals surface area contributed by atoms with Crippen molar-refractivity contribution in [3.05, 3.63) is 30.3 Å². The van der Waals surface area contributed by atoms with Crippen LogP contribution in [0.15, 0.2) is 43.9 Å². The van der Waals surface area contributed by atoms with Crippen molar-refractivity contribution in [2.45, 2.75) is 0 Å². The van der Waals surface area contributed by atoms with Crippen LogP contribution in [-0.2, 0) is 0 Å². The highest BCUT2D eigenvalue weighted by Gasteiger charge is 2.45. The van der Waals surface area contributed by atoms with Gasteiger partial charge < -0.3 is 0 Å². The third-order valence-corrected chi connectivity index (χ3v) is 13.4. The number of benzene rings is 1. The van der Waals surface area contributed by atoms with Crippen LogP contribution in [0.2, 0.25) is 0 Å². The van der Waals surface area contributed by atoms with Crippen molar-refractivity contribution < 1.29 is 4.52 Å². The average molecular weight is 404 g/mol. The molecule has 1 atom stereocenters. The molecule has 0 N–H and O–H groups in total. The number of hydrogen-bond donors (Lipinski definition) is 0. The number of para-hydroxylation sites is 1. The third kappa shape index (κ3) is 4.06. The molecule has 1 aromatic carbocycles. The molecule has 0 bridgehead atoms. The number of nitrogens with zero attached hydrogens (tertiary/aromatic N) is 7. The van der Waals surface area contributed by atoms with Crippen LogP contribution < -0.4 is 4.52 Å². The molecule has 0 aliphatic carbocycles. The molecule has 1 aliphatic heterocycles. The van der Waals surface area contributed by atoms with E-state index in [2.05, 4.69) is 18.7 Å². The fraction of sp³-hybridized carbons (Fsp3) is 0.571. The Labute approximate surface area is 152 Å². The van der Waals surface area contributed by atoms with Crippen LogP contribution in [0.1, 0.15) is 0 Å². The molecule has 1 unspecified atom stereocenters. The molecule has 0 saturated heterocycles. The van der Waals surface area contributed by atoms with E-state index in [9.17, 15) is 0 Å². The molecular formula is C14H29N7OP3+. The lowest BCUT2D eigenvalue weighted by atomic mass is 10.3. The van der Waals surface area contributed by atoms with Crippen LogP contribution in [0.4, 0.5) is 0 Å². The molecule has 8 nitrogen and oxygen atoms in total. The zero-order chi connectivity index (χ0) is 18.8. The van der Waals surface area contributed by atoms with E-state index in [1.807, 2.05) is 86.7 Å². The molecule has 1 heterocycles. The maximum absolute atomic E-state index is 6.19. The van der Waals surface area contributed by atoms with Crippen molar-refractivity contribution in [1.82, 2.24) is 18.7 Å². The maximum Gasteiger partial charge on any atom is 0.595 e. The second-order valence-corrected chi connectivity index (χ2v) is 14.6. The lowest BCUT2D eigenvalue weighted by Crippen LogP contribution is -2.25. The predicted octanol–water partition coefficient (Wildman–Crippen LogP) is 4.71. The first kappa shape index (κ1) is 20.7. The minimum absolute atomic E-state index is 0.786. The Kier molecular flexibility index (Phi) is 6.61. The quantitative estimate of drug-likeness (QED) is 0.643. The summed E-state index contributed by atoms with van der Waals surface area (Å²) in [5.41, 5.74) is 0. The highest BCUT2D eigenvalue weighted by atomic mass is 31.2. The first-order chi connectivity index (χ1) is 11.6. The minimum Gasteiger partial charge on any atom is -0.247 e. The summed E-state index contributed by atoms with van der Waals surface area (Å²) in [5.74, 6) is 0.786. The Morgan fingerprint density at radius 1 is 0.760 bits per heavy atom. The molecule has 0 aromatic heterocycles. The molecule has 140 valence electrons. The highest BCUT2D eigenvalue weighted by molar-refractivity contribution is 7.78. The molecule has 25 heavy (non-hydrogen) atoms. The van der Waals surface area contributed by atoms with Crippen LogP contribution in [-0.4, -0.2) is 75.1 Å². The normalized spacial score (nSPS) is 20.4. The van der Waals surface area contributed by atoms with Gasteiger partial charge in [-0.25, -0.2) is 23.2 Å². The van der Waals surface area contributed by atoms with Crippen molar-refractivity contribution in [3.8, 4) is 5.75 Å². The molecule has 11 heteroatoms. The average Bonchev–Trinajstić information content (AvgIpc) is 2.54. The van der Waals surface area contributed by atoms with Gasteiger partial charge in [0.05, 0.1) is 0 Å². The first-order valence-corrected chi connectivity index (χ1v) is 12.2. The van der Waals surface area contributed by atoms with Crippen molar-refractivity contribution in [1.29, 1.82) is 0 Å². The molecule has 0 fully saturated rings. The number of hydrogen-bond acceptors (Lipinski definition) is 8. The zero-order valence-electron chi connectivity index (χ0n) is 16.3. The van der Waals surface area contributed by atoms with Gasteiger partial charge in [0.1, 0.15) is 0 Å². The van der Waals surface area contributed by atoms with E-state index in [1.54, 1.807) is 0 Å². The summed E-state index contributed by atoms with van der Waals surface area (Å²) in [6.45, 7) is 0. The van der Waals surface area contributed by atoms with E-state index in [-0.39, 0.29) is 0 Å². The Balaban J connectivity index is 2.71. The van der Waals surface area contributed by atoms with Crippen molar-refractivity contribution in [2.24, 2.45) is 13.5 Å².